The molecule has 1 aliphatic heterocycles. The van der Waals surface area contributed by atoms with Gasteiger partial charge in [0.15, 0.2) is 0 Å². The van der Waals surface area contributed by atoms with Gasteiger partial charge in [0, 0.05) is 6.54 Å². The van der Waals surface area contributed by atoms with Crippen LogP contribution in [-0.4, -0.2) is 19.8 Å². The Morgan fingerprint density at radius 1 is 1.53 bits per heavy atom. The summed E-state index contributed by atoms with van der Waals surface area (Å²) in [5.74, 6) is 0.853. The third-order valence-electron chi connectivity index (χ3n) is 2.77. The van der Waals surface area contributed by atoms with Crippen molar-refractivity contribution in [3.63, 3.8) is 0 Å². The summed E-state index contributed by atoms with van der Waals surface area (Å²) in [5.41, 5.74) is 7.16. The fourth-order valence-corrected chi connectivity index (χ4v) is 2.62. The van der Waals surface area contributed by atoms with Gasteiger partial charge in [0.25, 0.3) is 0 Å². The van der Waals surface area contributed by atoms with Crippen LogP contribution < -0.4 is 15.4 Å². The first-order chi connectivity index (χ1) is 7.24. The van der Waals surface area contributed by atoms with Crippen molar-refractivity contribution in [3.05, 3.63) is 22.7 Å². The van der Waals surface area contributed by atoms with Gasteiger partial charge in [-0.3, -0.25) is 0 Å². The van der Waals surface area contributed by atoms with E-state index in [4.69, 9.17) is 10.5 Å². The molecule has 1 atom stereocenters. The van der Waals surface area contributed by atoms with Crippen molar-refractivity contribution < 1.29 is 4.74 Å². The zero-order valence-corrected chi connectivity index (χ0v) is 10.3. The van der Waals surface area contributed by atoms with E-state index in [-0.39, 0.29) is 6.17 Å². The van der Waals surface area contributed by atoms with Crippen LogP contribution in [0.15, 0.2) is 22.7 Å². The quantitative estimate of drug-likeness (QED) is 0.897. The maximum Gasteiger partial charge on any atom is 0.135 e. The van der Waals surface area contributed by atoms with Crippen molar-refractivity contribution in [2.45, 2.75) is 19.0 Å². The molecule has 1 fully saturated rings. The molecule has 0 bridgehead atoms. The fraction of sp³-hybridized carbons (Fsp3) is 0.455. The molecule has 82 valence electrons. The van der Waals surface area contributed by atoms with Gasteiger partial charge in [0.1, 0.15) is 5.75 Å². The molecule has 0 aliphatic carbocycles. The summed E-state index contributed by atoms with van der Waals surface area (Å²) in [6.07, 6.45) is 2.35. The lowest BCUT2D eigenvalue weighted by atomic mass is 10.2. The SMILES string of the molecule is COc1cccc(N2CCCC2N)c1Br. The first-order valence-electron chi connectivity index (χ1n) is 5.08. The third kappa shape index (κ3) is 1.96. The van der Waals surface area contributed by atoms with E-state index in [2.05, 4.69) is 26.9 Å². The van der Waals surface area contributed by atoms with Gasteiger partial charge in [-0.05, 0) is 40.9 Å². The second-order valence-corrected chi connectivity index (χ2v) is 4.49. The lowest BCUT2D eigenvalue weighted by Gasteiger charge is -2.25. The minimum Gasteiger partial charge on any atom is -0.495 e. The maximum absolute atomic E-state index is 6.04. The number of rotatable bonds is 2. The van der Waals surface area contributed by atoms with E-state index in [1.54, 1.807) is 7.11 Å². The molecule has 0 radical (unpaired) electrons. The monoisotopic (exact) mass is 270 g/mol. The fourth-order valence-electron chi connectivity index (χ4n) is 1.97. The highest BCUT2D eigenvalue weighted by molar-refractivity contribution is 9.10. The van der Waals surface area contributed by atoms with Crippen LogP contribution in [0.2, 0.25) is 0 Å². The molecule has 1 aromatic carbocycles. The van der Waals surface area contributed by atoms with Gasteiger partial charge < -0.3 is 15.4 Å². The normalized spacial score (nSPS) is 20.7. The molecule has 1 unspecified atom stereocenters. The first-order valence-corrected chi connectivity index (χ1v) is 5.88. The van der Waals surface area contributed by atoms with Crippen molar-refractivity contribution in [2.24, 2.45) is 5.73 Å². The van der Waals surface area contributed by atoms with Gasteiger partial charge in [-0.25, -0.2) is 0 Å². The number of hydrogen-bond acceptors (Lipinski definition) is 3. The van der Waals surface area contributed by atoms with E-state index in [1.807, 2.05) is 12.1 Å². The lowest BCUT2D eigenvalue weighted by Crippen LogP contribution is -2.36. The van der Waals surface area contributed by atoms with Crippen LogP contribution in [0.5, 0.6) is 5.75 Å². The largest absolute Gasteiger partial charge is 0.495 e. The van der Waals surface area contributed by atoms with E-state index < -0.39 is 0 Å². The topological polar surface area (TPSA) is 38.5 Å². The van der Waals surface area contributed by atoms with Crippen LogP contribution in [0.1, 0.15) is 12.8 Å². The minimum absolute atomic E-state index is 0.133. The van der Waals surface area contributed by atoms with Crippen LogP contribution in [0.25, 0.3) is 0 Å². The van der Waals surface area contributed by atoms with Crippen LogP contribution in [0.4, 0.5) is 5.69 Å². The highest BCUT2D eigenvalue weighted by Gasteiger charge is 2.23. The highest BCUT2D eigenvalue weighted by atomic mass is 79.9. The minimum atomic E-state index is 0.133. The summed E-state index contributed by atoms with van der Waals surface area (Å²) in [5, 5.41) is 0. The molecule has 15 heavy (non-hydrogen) atoms. The summed E-state index contributed by atoms with van der Waals surface area (Å²) in [6.45, 7) is 1.02. The molecule has 1 aromatic rings. The summed E-state index contributed by atoms with van der Waals surface area (Å²) >= 11 is 3.56. The van der Waals surface area contributed by atoms with Gasteiger partial charge in [0.05, 0.1) is 23.4 Å². The third-order valence-corrected chi connectivity index (χ3v) is 3.57. The number of ether oxygens (including phenoxy) is 1. The molecule has 3 nitrogen and oxygen atoms in total. The number of hydrogen-bond donors (Lipinski definition) is 1. The van der Waals surface area contributed by atoms with Crippen LogP contribution in [0, 0.1) is 0 Å². The smallest absolute Gasteiger partial charge is 0.135 e. The molecule has 0 aromatic heterocycles. The average Bonchev–Trinajstić information content (AvgIpc) is 2.65. The summed E-state index contributed by atoms with van der Waals surface area (Å²) < 4.78 is 6.26. The molecule has 1 saturated heterocycles. The molecule has 1 aliphatic rings. The molecule has 1 heterocycles. The Morgan fingerprint density at radius 3 is 2.93 bits per heavy atom. The Kier molecular flexibility index (Phi) is 3.17. The second-order valence-electron chi connectivity index (χ2n) is 3.70. The first kappa shape index (κ1) is 10.8. The van der Waals surface area contributed by atoms with E-state index in [9.17, 15) is 0 Å². The predicted molar refractivity (Wildman–Crippen MR) is 65.2 cm³/mol. The maximum atomic E-state index is 6.04. The molecule has 4 heteroatoms. The molecular weight excluding hydrogens is 256 g/mol. The van der Waals surface area contributed by atoms with Crippen molar-refractivity contribution >= 4 is 21.6 Å². The number of methoxy groups -OCH3 is 1. The molecule has 0 amide bonds. The summed E-state index contributed by atoms with van der Waals surface area (Å²) in [7, 11) is 1.67. The van der Waals surface area contributed by atoms with Crippen LogP contribution in [0.3, 0.4) is 0 Å². The van der Waals surface area contributed by atoms with Crippen molar-refractivity contribution in [3.8, 4) is 5.75 Å². The average molecular weight is 271 g/mol. The summed E-state index contributed by atoms with van der Waals surface area (Å²) in [6, 6.07) is 6.00. The summed E-state index contributed by atoms with van der Waals surface area (Å²) in [4.78, 5) is 2.21. The van der Waals surface area contributed by atoms with E-state index >= 15 is 0 Å². The number of anilines is 1. The van der Waals surface area contributed by atoms with Gasteiger partial charge in [-0.1, -0.05) is 6.07 Å². The Labute approximate surface area is 98.3 Å². The predicted octanol–water partition coefficient (Wildman–Crippen LogP) is 2.34. The Morgan fingerprint density at radius 2 is 2.33 bits per heavy atom. The molecule has 0 saturated carbocycles. The molecule has 2 rings (SSSR count). The standard InChI is InChI=1S/C11H15BrN2O/c1-15-9-5-2-4-8(11(9)12)14-7-3-6-10(14)13/h2,4-5,10H,3,6-7,13H2,1H3. The van der Waals surface area contributed by atoms with E-state index in [0.717, 1.165) is 35.3 Å². The van der Waals surface area contributed by atoms with Crippen molar-refractivity contribution in [1.29, 1.82) is 0 Å². The van der Waals surface area contributed by atoms with Crippen molar-refractivity contribution in [2.75, 3.05) is 18.6 Å². The number of halogens is 1. The number of nitrogens with zero attached hydrogens (tertiary/aromatic N) is 1. The highest BCUT2D eigenvalue weighted by Crippen LogP contribution is 2.36. The second kappa shape index (κ2) is 4.41. The van der Waals surface area contributed by atoms with Crippen LogP contribution in [-0.2, 0) is 0 Å². The Bertz CT molecular complexity index is 356. The molecular formula is C11H15BrN2O. The van der Waals surface area contributed by atoms with E-state index in [1.165, 1.54) is 0 Å². The molecule has 0 spiro atoms. The van der Waals surface area contributed by atoms with Gasteiger partial charge >= 0.3 is 0 Å². The molecule has 2 N–H and O–H groups in total. The van der Waals surface area contributed by atoms with Crippen molar-refractivity contribution in [1.82, 2.24) is 0 Å². The zero-order chi connectivity index (χ0) is 10.8. The van der Waals surface area contributed by atoms with Gasteiger partial charge in [-0.15, -0.1) is 0 Å². The van der Waals surface area contributed by atoms with Gasteiger partial charge in [0.2, 0.25) is 0 Å². The Balaban J connectivity index is 2.35. The number of nitrogens with two attached hydrogens (primary N) is 1. The number of benzene rings is 1. The Hall–Kier alpha value is -0.740. The van der Waals surface area contributed by atoms with Crippen LogP contribution >= 0.6 is 15.9 Å². The van der Waals surface area contributed by atoms with E-state index in [0.29, 0.717) is 0 Å². The zero-order valence-electron chi connectivity index (χ0n) is 8.74. The lowest BCUT2D eigenvalue weighted by molar-refractivity contribution is 0.412. The van der Waals surface area contributed by atoms with Gasteiger partial charge in [-0.2, -0.15) is 0 Å².